The number of rotatable bonds is 6. The molecule has 1 aromatic carbocycles. The lowest BCUT2D eigenvalue weighted by atomic mass is 10.1. The van der Waals surface area contributed by atoms with Crippen LogP contribution in [0.2, 0.25) is 0 Å². The Hall–Kier alpha value is -1.78. The molecule has 0 radical (unpaired) electrons. The number of hydrogen-bond acceptors (Lipinski definition) is 4. The summed E-state index contributed by atoms with van der Waals surface area (Å²) in [7, 11) is 0. The van der Waals surface area contributed by atoms with E-state index >= 15 is 0 Å². The highest BCUT2D eigenvalue weighted by Gasteiger charge is 2.11. The molecular formula is C14H18N4. The maximum atomic E-state index is 5.59. The van der Waals surface area contributed by atoms with E-state index in [9.17, 15) is 0 Å². The summed E-state index contributed by atoms with van der Waals surface area (Å²) < 4.78 is 0. The minimum Gasteiger partial charge on any atom is -0.271 e. The van der Waals surface area contributed by atoms with Crippen LogP contribution in [0.5, 0.6) is 0 Å². The number of aromatic nitrogens is 2. The van der Waals surface area contributed by atoms with Crippen molar-refractivity contribution in [2.45, 2.75) is 25.3 Å². The number of unbranched alkanes of at least 4 members (excludes halogenated alkanes) is 1. The Morgan fingerprint density at radius 3 is 2.83 bits per heavy atom. The van der Waals surface area contributed by atoms with Crippen molar-refractivity contribution in [3.05, 3.63) is 48.8 Å². The van der Waals surface area contributed by atoms with E-state index in [-0.39, 0.29) is 6.04 Å². The summed E-state index contributed by atoms with van der Waals surface area (Å²) in [6.45, 7) is 3.72. The average Bonchev–Trinajstić information content (AvgIpc) is 2.43. The molecular weight excluding hydrogens is 224 g/mol. The molecule has 94 valence electrons. The second-order valence-electron chi connectivity index (χ2n) is 4.22. The summed E-state index contributed by atoms with van der Waals surface area (Å²) in [6, 6.07) is 7.88. The van der Waals surface area contributed by atoms with E-state index in [1.54, 1.807) is 6.20 Å². The molecule has 0 aliphatic rings. The quantitative estimate of drug-likeness (QED) is 0.353. The third kappa shape index (κ3) is 2.91. The van der Waals surface area contributed by atoms with Crippen LogP contribution in [-0.2, 0) is 0 Å². The maximum absolute atomic E-state index is 5.59. The normalized spacial score (nSPS) is 12.5. The molecule has 0 amide bonds. The van der Waals surface area contributed by atoms with Crippen LogP contribution in [0.25, 0.3) is 11.0 Å². The smallest absolute Gasteiger partial charge is 0.0890 e. The average molecular weight is 242 g/mol. The number of nitrogens with two attached hydrogens (primary N) is 1. The highest BCUT2D eigenvalue weighted by atomic mass is 15.2. The van der Waals surface area contributed by atoms with Crippen LogP contribution in [0.4, 0.5) is 0 Å². The summed E-state index contributed by atoms with van der Waals surface area (Å²) in [5.41, 5.74) is 5.50. The topological polar surface area (TPSA) is 63.8 Å². The van der Waals surface area contributed by atoms with Crippen molar-refractivity contribution in [2.75, 3.05) is 0 Å². The molecule has 3 N–H and O–H groups in total. The van der Waals surface area contributed by atoms with Crippen LogP contribution in [0, 0.1) is 0 Å². The van der Waals surface area contributed by atoms with Crippen molar-refractivity contribution in [1.29, 1.82) is 0 Å². The monoisotopic (exact) mass is 242 g/mol. The van der Waals surface area contributed by atoms with Gasteiger partial charge in [-0.1, -0.05) is 18.2 Å². The Morgan fingerprint density at radius 2 is 2.11 bits per heavy atom. The van der Waals surface area contributed by atoms with E-state index in [1.807, 2.05) is 30.3 Å². The number of benzene rings is 1. The van der Waals surface area contributed by atoms with Crippen LogP contribution in [0.1, 0.15) is 31.0 Å². The third-order valence-electron chi connectivity index (χ3n) is 2.93. The molecule has 0 saturated heterocycles. The van der Waals surface area contributed by atoms with Gasteiger partial charge < -0.3 is 0 Å². The lowest BCUT2D eigenvalue weighted by molar-refractivity contribution is 0.490. The van der Waals surface area contributed by atoms with E-state index < -0.39 is 0 Å². The Morgan fingerprint density at radius 1 is 1.33 bits per heavy atom. The first-order valence-electron chi connectivity index (χ1n) is 6.14. The van der Waals surface area contributed by atoms with Gasteiger partial charge in [-0.3, -0.25) is 16.3 Å². The van der Waals surface area contributed by atoms with Gasteiger partial charge in [0.1, 0.15) is 0 Å². The van der Waals surface area contributed by atoms with Gasteiger partial charge in [-0.05, 0) is 31.4 Å². The SMILES string of the molecule is C=CCCCC(NN)c1cnc2ccccc2n1. The number of allylic oxidation sites excluding steroid dienone is 1. The first-order chi connectivity index (χ1) is 8.85. The Bertz CT molecular complexity index is 524. The molecule has 18 heavy (non-hydrogen) atoms. The molecule has 4 nitrogen and oxygen atoms in total. The summed E-state index contributed by atoms with van der Waals surface area (Å²) >= 11 is 0. The highest BCUT2D eigenvalue weighted by Crippen LogP contribution is 2.18. The van der Waals surface area contributed by atoms with E-state index in [1.165, 1.54) is 0 Å². The van der Waals surface area contributed by atoms with Crippen LogP contribution in [0.15, 0.2) is 43.1 Å². The number of para-hydroxylation sites is 2. The zero-order chi connectivity index (χ0) is 12.8. The van der Waals surface area contributed by atoms with Crippen molar-refractivity contribution in [2.24, 2.45) is 5.84 Å². The molecule has 0 aliphatic heterocycles. The zero-order valence-electron chi connectivity index (χ0n) is 10.3. The van der Waals surface area contributed by atoms with Gasteiger partial charge in [-0.25, -0.2) is 4.98 Å². The van der Waals surface area contributed by atoms with Crippen LogP contribution < -0.4 is 11.3 Å². The fourth-order valence-electron chi connectivity index (χ4n) is 1.92. The number of nitrogens with zero attached hydrogens (tertiary/aromatic N) is 2. The fraction of sp³-hybridized carbons (Fsp3) is 0.286. The highest BCUT2D eigenvalue weighted by molar-refractivity contribution is 5.73. The first kappa shape index (κ1) is 12.7. The maximum Gasteiger partial charge on any atom is 0.0890 e. The zero-order valence-corrected chi connectivity index (χ0v) is 10.3. The number of fused-ring (bicyclic) bond motifs is 1. The van der Waals surface area contributed by atoms with Gasteiger partial charge in [0.2, 0.25) is 0 Å². The van der Waals surface area contributed by atoms with Gasteiger partial charge in [0, 0.05) is 0 Å². The predicted molar refractivity (Wildman–Crippen MR) is 73.7 cm³/mol. The molecule has 2 aromatic rings. The second-order valence-corrected chi connectivity index (χ2v) is 4.22. The predicted octanol–water partition coefficient (Wildman–Crippen LogP) is 2.49. The van der Waals surface area contributed by atoms with Gasteiger partial charge in [-0.15, -0.1) is 6.58 Å². The summed E-state index contributed by atoms with van der Waals surface area (Å²) in [4.78, 5) is 8.99. The fourth-order valence-corrected chi connectivity index (χ4v) is 1.92. The van der Waals surface area contributed by atoms with Gasteiger partial charge in [0.05, 0.1) is 29.0 Å². The number of hydrazine groups is 1. The Kier molecular flexibility index (Phi) is 4.39. The second kappa shape index (κ2) is 6.23. The first-order valence-corrected chi connectivity index (χ1v) is 6.14. The van der Waals surface area contributed by atoms with Crippen molar-refractivity contribution < 1.29 is 0 Å². The number of hydrogen-bond donors (Lipinski definition) is 2. The van der Waals surface area contributed by atoms with Crippen molar-refractivity contribution in [1.82, 2.24) is 15.4 Å². The van der Waals surface area contributed by atoms with Gasteiger partial charge >= 0.3 is 0 Å². The van der Waals surface area contributed by atoms with Gasteiger partial charge in [0.25, 0.3) is 0 Å². The molecule has 1 atom stereocenters. The minimum atomic E-state index is 0.0436. The molecule has 0 spiro atoms. The van der Waals surface area contributed by atoms with E-state index in [4.69, 9.17) is 5.84 Å². The lowest BCUT2D eigenvalue weighted by Gasteiger charge is -2.14. The van der Waals surface area contributed by atoms with E-state index in [0.29, 0.717) is 0 Å². The van der Waals surface area contributed by atoms with Crippen molar-refractivity contribution in [3.63, 3.8) is 0 Å². The molecule has 2 rings (SSSR count). The summed E-state index contributed by atoms with van der Waals surface area (Å²) in [6.07, 6.45) is 6.65. The number of nitrogens with one attached hydrogen (secondary N) is 1. The molecule has 1 aromatic heterocycles. The molecule has 4 heteroatoms. The Balaban J connectivity index is 2.19. The van der Waals surface area contributed by atoms with Crippen molar-refractivity contribution in [3.8, 4) is 0 Å². The van der Waals surface area contributed by atoms with Crippen LogP contribution >= 0.6 is 0 Å². The van der Waals surface area contributed by atoms with Crippen molar-refractivity contribution >= 4 is 11.0 Å². The molecule has 0 bridgehead atoms. The van der Waals surface area contributed by atoms with Gasteiger partial charge in [-0.2, -0.15) is 0 Å². The molecule has 1 unspecified atom stereocenters. The van der Waals surface area contributed by atoms with Crippen LogP contribution in [0.3, 0.4) is 0 Å². The molecule has 0 saturated carbocycles. The summed E-state index contributed by atoms with van der Waals surface area (Å²) in [5.74, 6) is 5.59. The third-order valence-corrected chi connectivity index (χ3v) is 2.93. The largest absolute Gasteiger partial charge is 0.271 e. The van der Waals surface area contributed by atoms with E-state index in [2.05, 4.69) is 22.0 Å². The summed E-state index contributed by atoms with van der Waals surface area (Å²) in [5, 5.41) is 0. The Labute approximate surface area is 107 Å². The minimum absolute atomic E-state index is 0.0436. The molecule has 1 heterocycles. The van der Waals surface area contributed by atoms with Gasteiger partial charge in [0.15, 0.2) is 0 Å². The van der Waals surface area contributed by atoms with Crippen LogP contribution in [-0.4, -0.2) is 9.97 Å². The standard InChI is InChI=1S/C14H18N4/c1-2-3-4-9-13(18-15)14-10-16-11-7-5-6-8-12(11)17-14/h2,5-8,10,13,18H,1,3-4,9,15H2. The lowest BCUT2D eigenvalue weighted by Crippen LogP contribution is -2.28. The molecule has 0 aliphatic carbocycles. The molecule has 0 fully saturated rings. The van der Waals surface area contributed by atoms with E-state index in [0.717, 1.165) is 36.0 Å².